The van der Waals surface area contributed by atoms with Crippen LogP contribution in [0.25, 0.3) is 0 Å². The van der Waals surface area contributed by atoms with Gasteiger partial charge in [-0.15, -0.1) is 11.3 Å². The molecule has 1 N–H and O–H groups in total. The fourth-order valence-electron chi connectivity index (χ4n) is 2.65. The lowest BCUT2D eigenvalue weighted by Crippen LogP contribution is -2.30. The van der Waals surface area contributed by atoms with Crippen LogP contribution in [0.4, 0.5) is 5.69 Å². The molecule has 0 saturated carbocycles. The third-order valence-corrected chi connectivity index (χ3v) is 7.46. The second-order valence-electron chi connectivity index (χ2n) is 5.78. The van der Waals surface area contributed by atoms with E-state index in [4.69, 9.17) is 4.74 Å². The maximum atomic E-state index is 12.8. The van der Waals surface area contributed by atoms with Crippen molar-refractivity contribution < 1.29 is 17.9 Å². The van der Waals surface area contributed by atoms with E-state index in [0.717, 1.165) is 11.4 Å². The highest BCUT2D eigenvalue weighted by Gasteiger charge is 2.24. The Morgan fingerprint density at radius 2 is 1.93 bits per heavy atom. The fraction of sp³-hybridized carbons (Fsp3) is 0.444. The molecule has 2 rings (SSSR count). The summed E-state index contributed by atoms with van der Waals surface area (Å²) >= 11 is 1.33. The number of sulfonamides is 1. The zero-order chi connectivity index (χ0) is 20.2. The second-order valence-corrected chi connectivity index (χ2v) is 8.80. The van der Waals surface area contributed by atoms with Gasteiger partial charge < -0.3 is 10.1 Å². The number of nitrogens with zero attached hydrogens (tertiary/aromatic N) is 2. The molecular weight excluding hydrogens is 386 g/mol. The van der Waals surface area contributed by atoms with E-state index in [2.05, 4.69) is 10.3 Å². The highest BCUT2D eigenvalue weighted by molar-refractivity contribution is 7.89. The lowest BCUT2D eigenvalue weighted by atomic mass is 10.2. The molecule has 1 aromatic heterocycles. The van der Waals surface area contributed by atoms with Gasteiger partial charge in [-0.3, -0.25) is 4.79 Å². The summed E-state index contributed by atoms with van der Waals surface area (Å²) < 4.78 is 32.2. The SMILES string of the molecule is CCc1nc(C)c(C(=O)Nc2cc(S(=O)(=O)N(CC)CC)ccc2OC)s1. The van der Waals surface area contributed by atoms with E-state index in [-0.39, 0.29) is 10.8 Å². The number of nitrogens with one attached hydrogen (secondary N) is 1. The molecule has 0 fully saturated rings. The van der Waals surface area contributed by atoms with Gasteiger partial charge in [0.05, 0.1) is 28.4 Å². The number of rotatable bonds is 8. The Morgan fingerprint density at radius 3 is 2.44 bits per heavy atom. The molecular formula is C18H25N3O4S2. The Bertz CT molecular complexity index is 919. The molecule has 1 heterocycles. The van der Waals surface area contributed by atoms with Crippen molar-refractivity contribution in [2.75, 3.05) is 25.5 Å². The smallest absolute Gasteiger partial charge is 0.267 e. The number of ether oxygens (including phenoxy) is 1. The standard InChI is InChI=1S/C18H25N3O4S2/c1-6-16-19-12(4)17(26-16)18(22)20-14-11-13(9-10-15(14)25-5)27(23,24)21(7-2)8-3/h9-11H,6-8H2,1-5H3,(H,20,22). The summed E-state index contributed by atoms with van der Waals surface area (Å²) in [4.78, 5) is 17.7. The van der Waals surface area contributed by atoms with Crippen LogP contribution in [0.3, 0.4) is 0 Å². The van der Waals surface area contributed by atoms with E-state index >= 15 is 0 Å². The van der Waals surface area contributed by atoms with E-state index < -0.39 is 10.0 Å². The molecule has 148 valence electrons. The topological polar surface area (TPSA) is 88.6 Å². The first-order chi connectivity index (χ1) is 12.8. The average molecular weight is 412 g/mol. The van der Waals surface area contributed by atoms with Crippen molar-refractivity contribution in [1.29, 1.82) is 0 Å². The maximum absolute atomic E-state index is 12.8. The molecule has 0 aliphatic heterocycles. The van der Waals surface area contributed by atoms with Crippen molar-refractivity contribution >= 4 is 33.0 Å². The van der Waals surface area contributed by atoms with Crippen LogP contribution >= 0.6 is 11.3 Å². The van der Waals surface area contributed by atoms with E-state index in [9.17, 15) is 13.2 Å². The molecule has 0 bridgehead atoms. The van der Waals surface area contributed by atoms with Gasteiger partial charge in [-0.2, -0.15) is 4.31 Å². The van der Waals surface area contributed by atoms with E-state index in [1.54, 1.807) is 26.8 Å². The molecule has 0 aliphatic rings. The molecule has 0 atom stereocenters. The predicted octanol–water partition coefficient (Wildman–Crippen LogP) is 3.31. The van der Waals surface area contributed by atoms with Crippen LogP contribution in [-0.2, 0) is 16.4 Å². The Balaban J connectivity index is 2.41. The highest BCUT2D eigenvalue weighted by Crippen LogP contribution is 2.30. The molecule has 1 aromatic carbocycles. The number of aromatic nitrogens is 1. The average Bonchev–Trinajstić information content (AvgIpc) is 3.03. The monoisotopic (exact) mass is 411 g/mol. The van der Waals surface area contributed by atoms with Gasteiger partial charge in [0.1, 0.15) is 10.6 Å². The number of anilines is 1. The minimum atomic E-state index is -3.64. The zero-order valence-corrected chi connectivity index (χ0v) is 17.8. The molecule has 0 unspecified atom stereocenters. The molecule has 2 aromatic rings. The van der Waals surface area contributed by atoms with Gasteiger partial charge >= 0.3 is 0 Å². The summed E-state index contributed by atoms with van der Waals surface area (Å²) in [7, 11) is -2.17. The number of carbonyl (C=O) groups is 1. The molecule has 0 saturated heterocycles. The second kappa shape index (κ2) is 8.81. The highest BCUT2D eigenvalue weighted by atomic mass is 32.2. The zero-order valence-electron chi connectivity index (χ0n) is 16.2. The van der Waals surface area contributed by atoms with Crippen LogP contribution in [0.2, 0.25) is 0 Å². The summed E-state index contributed by atoms with van der Waals surface area (Å²) in [6.45, 7) is 8.06. The molecule has 27 heavy (non-hydrogen) atoms. The van der Waals surface area contributed by atoms with Crippen molar-refractivity contribution in [3.05, 3.63) is 33.8 Å². The molecule has 1 amide bonds. The van der Waals surface area contributed by atoms with Gasteiger partial charge in [0, 0.05) is 13.1 Å². The van der Waals surface area contributed by atoms with Gasteiger partial charge in [0.2, 0.25) is 10.0 Å². The molecule has 0 aliphatic carbocycles. The number of benzene rings is 1. The first-order valence-corrected chi connectivity index (χ1v) is 11.0. The van der Waals surface area contributed by atoms with Gasteiger partial charge in [0.15, 0.2) is 0 Å². The summed E-state index contributed by atoms with van der Waals surface area (Å²) in [5.41, 5.74) is 0.960. The number of hydrogen-bond donors (Lipinski definition) is 1. The minimum Gasteiger partial charge on any atom is -0.495 e. The molecule has 0 spiro atoms. The van der Waals surface area contributed by atoms with Gasteiger partial charge in [-0.25, -0.2) is 13.4 Å². The van der Waals surface area contributed by atoms with Crippen LogP contribution in [-0.4, -0.2) is 43.8 Å². The Morgan fingerprint density at radius 1 is 1.26 bits per heavy atom. The molecule has 9 heteroatoms. The summed E-state index contributed by atoms with van der Waals surface area (Å²) in [6.07, 6.45) is 0.750. The van der Waals surface area contributed by atoms with Crippen LogP contribution in [0.1, 0.15) is 41.1 Å². The van der Waals surface area contributed by atoms with Crippen molar-refractivity contribution in [2.45, 2.75) is 39.0 Å². The van der Waals surface area contributed by atoms with Gasteiger partial charge in [-0.05, 0) is 31.5 Å². The van der Waals surface area contributed by atoms with E-state index in [1.807, 2.05) is 6.92 Å². The molecule has 0 radical (unpaired) electrons. The number of aryl methyl sites for hydroxylation is 2. The first kappa shape index (κ1) is 21.3. The van der Waals surface area contributed by atoms with Crippen LogP contribution < -0.4 is 10.1 Å². The van der Waals surface area contributed by atoms with Crippen LogP contribution in [0.15, 0.2) is 23.1 Å². The summed E-state index contributed by atoms with van der Waals surface area (Å²) in [6, 6.07) is 4.46. The third kappa shape index (κ3) is 4.48. The van der Waals surface area contributed by atoms with Crippen LogP contribution in [0, 0.1) is 6.92 Å². The third-order valence-electron chi connectivity index (χ3n) is 4.11. The largest absolute Gasteiger partial charge is 0.495 e. The van der Waals surface area contributed by atoms with Gasteiger partial charge in [-0.1, -0.05) is 20.8 Å². The fourth-order valence-corrected chi connectivity index (χ4v) is 5.04. The lowest BCUT2D eigenvalue weighted by molar-refractivity contribution is 0.102. The Labute approximate surface area is 164 Å². The number of methoxy groups -OCH3 is 1. The lowest BCUT2D eigenvalue weighted by Gasteiger charge is -2.19. The first-order valence-electron chi connectivity index (χ1n) is 8.74. The van der Waals surface area contributed by atoms with Crippen molar-refractivity contribution in [1.82, 2.24) is 9.29 Å². The minimum absolute atomic E-state index is 0.109. The van der Waals surface area contributed by atoms with Crippen molar-refractivity contribution in [2.24, 2.45) is 0 Å². The summed E-state index contributed by atoms with van der Waals surface area (Å²) in [5, 5.41) is 3.64. The molecule has 7 nitrogen and oxygen atoms in total. The Kier molecular flexibility index (Phi) is 6.96. The quantitative estimate of drug-likeness (QED) is 0.720. The number of amides is 1. The number of thiazole rings is 1. The maximum Gasteiger partial charge on any atom is 0.267 e. The van der Waals surface area contributed by atoms with Crippen LogP contribution in [0.5, 0.6) is 5.75 Å². The summed E-state index contributed by atoms with van der Waals surface area (Å²) in [5.74, 6) is 0.0557. The van der Waals surface area contributed by atoms with E-state index in [1.165, 1.54) is 34.9 Å². The van der Waals surface area contributed by atoms with Crippen molar-refractivity contribution in [3.8, 4) is 5.75 Å². The predicted molar refractivity (Wildman–Crippen MR) is 107 cm³/mol. The number of carbonyl (C=O) groups excluding carboxylic acids is 1. The van der Waals surface area contributed by atoms with E-state index in [0.29, 0.717) is 35.1 Å². The Hall–Kier alpha value is -1.97. The van der Waals surface area contributed by atoms with Crippen molar-refractivity contribution in [3.63, 3.8) is 0 Å². The normalized spacial score (nSPS) is 11.6. The number of hydrogen-bond acceptors (Lipinski definition) is 6. The van der Waals surface area contributed by atoms with Gasteiger partial charge in [0.25, 0.3) is 5.91 Å².